The van der Waals surface area contributed by atoms with Gasteiger partial charge in [-0.2, -0.15) is 0 Å². The first kappa shape index (κ1) is 11.2. The molecule has 0 aliphatic carbocycles. The Labute approximate surface area is 74.6 Å². The standard InChI is InChI=1S/C10H18O2/c1-4-7-8-9(5-2)10(11)12-6-3/h6,9H,3-5,7-8H2,1-2H3/t9-/m1/s1. The van der Waals surface area contributed by atoms with Gasteiger partial charge in [0.15, 0.2) is 0 Å². The molecule has 2 heteroatoms. The van der Waals surface area contributed by atoms with E-state index in [1.165, 1.54) is 6.26 Å². The fraction of sp³-hybridized carbons (Fsp3) is 0.700. The van der Waals surface area contributed by atoms with Crippen molar-refractivity contribution < 1.29 is 9.53 Å². The summed E-state index contributed by atoms with van der Waals surface area (Å²) in [7, 11) is 0. The van der Waals surface area contributed by atoms with Crippen LogP contribution in [0.15, 0.2) is 12.8 Å². The van der Waals surface area contributed by atoms with Crippen LogP contribution in [0.2, 0.25) is 0 Å². The van der Waals surface area contributed by atoms with Crippen molar-refractivity contribution in [1.29, 1.82) is 0 Å². The van der Waals surface area contributed by atoms with Crippen LogP contribution in [0.4, 0.5) is 0 Å². The zero-order valence-corrected chi connectivity index (χ0v) is 8.01. The Morgan fingerprint density at radius 2 is 2.25 bits per heavy atom. The molecule has 0 heterocycles. The molecule has 0 aromatic carbocycles. The molecule has 0 amide bonds. The third-order valence-electron chi connectivity index (χ3n) is 1.93. The predicted molar refractivity (Wildman–Crippen MR) is 49.6 cm³/mol. The van der Waals surface area contributed by atoms with E-state index in [1.807, 2.05) is 6.92 Å². The lowest BCUT2D eigenvalue weighted by Gasteiger charge is -2.10. The smallest absolute Gasteiger partial charge is 0.313 e. The first-order valence-corrected chi connectivity index (χ1v) is 4.57. The number of ether oxygens (including phenoxy) is 1. The molecule has 1 atom stereocenters. The maximum atomic E-state index is 11.2. The van der Waals surface area contributed by atoms with E-state index in [2.05, 4.69) is 13.5 Å². The Hall–Kier alpha value is -0.790. The van der Waals surface area contributed by atoms with E-state index < -0.39 is 0 Å². The quantitative estimate of drug-likeness (QED) is 0.452. The summed E-state index contributed by atoms with van der Waals surface area (Å²) in [6.45, 7) is 7.48. The average Bonchev–Trinajstić information content (AvgIpc) is 2.06. The lowest BCUT2D eigenvalue weighted by atomic mass is 10.00. The van der Waals surface area contributed by atoms with Gasteiger partial charge in [-0.05, 0) is 12.8 Å². The molecule has 0 aromatic rings. The van der Waals surface area contributed by atoms with E-state index in [0.717, 1.165) is 25.7 Å². The first-order valence-electron chi connectivity index (χ1n) is 4.57. The number of carbonyl (C=O) groups excluding carboxylic acids is 1. The van der Waals surface area contributed by atoms with E-state index in [-0.39, 0.29) is 11.9 Å². The summed E-state index contributed by atoms with van der Waals surface area (Å²) >= 11 is 0. The third kappa shape index (κ3) is 4.16. The highest BCUT2D eigenvalue weighted by molar-refractivity contribution is 5.72. The van der Waals surface area contributed by atoms with Gasteiger partial charge in [0, 0.05) is 0 Å². The molecule has 0 radical (unpaired) electrons. The minimum absolute atomic E-state index is 0.0583. The summed E-state index contributed by atoms with van der Waals surface area (Å²) in [5.74, 6) is -0.0797. The molecule has 0 rings (SSSR count). The Morgan fingerprint density at radius 1 is 1.58 bits per heavy atom. The SMILES string of the molecule is C=COC(=O)[C@H](CC)CCCC. The van der Waals surface area contributed by atoms with Crippen LogP contribution in [-0.2, 0) is 9.53 Å². The molecule has 0 N–H and O–H groups in total. The number of esters is 1. The van der Waals surface area contributed by atoms with E-state index in [0.29, 0.717) is 0 Å². The van der Waals surface area contributed by atoms with Crippen LogP contribution in [0, 0.1) is 5.92 Å². The average molecular weight is 170 g/mol. The van der Waals surface area contributed by atoms with Gasteiger partial charge in [-0.15, -0.1) is 0 Å². The Balaban J connectivity index is 3.78. The number of carbonyl (C=O) groups is 1. The highest BCUT2D eigenvalue weighted by Crippen LogP contribution is 2.14. The van der Waals surface area contributed by atoms with Crippen LogP contribution in [0.1, 0.15) is 39.5 Å². The van der Waals surface area contributed by atoms with Gasteiger partial charge >= 0.3 is 5.97 Å². The van der Waals surface area contributed by atoms with Crippen molar-refractivity contribution in [2.45, 2.75) is 39.5 Å². The highest BCUT2D eigenvalue weighted by atomic mass is 16.5. The number of hydrogen-bond donors (Lipinski definition) is 0. The minimum Gasteiger partial charge on any atom is -0.435 e. The van der Waals surface area contributed by atoms with Crippen molar-refractivity contribution in [3.05, 3.63) is 12.8 Å². The van der Waals surface area contributed by atoms with E-state index in [1.54, 1.807) is 0 Å². The molecule has 0 aromatic heterocycles. The van der Waals surface area contributed by atoms with E-state index in [4.69, 9.17) is 4.74 Å². The van der Waals surface area contributed by atoms with Gasteiger partial charge in [-0.1, -0.05) is 33.3 Å². The molecule has 0 saturated carbocycles. The molecule has 12 heavy (non-hydrogen) atoms. The minimum atomic E-state index is -0.138. The van der Waals surface area contributed by atoms with Crippen LogP contribution in [0.5, 0.6) is 0 Å². The van der Waals surface area contributed by atoms with Crippen LogP contribution >= 0.6 is 0 Å². The maximum absolute atomic E-state index is 11.2. The topological polar surface area (TPSA) is 26.3 Å². The van der Waals surface area contributed by atoms with Crippen molar-refractivity contribution >= 4 is 5.97 Å². The molecule has 0 aliphatic rings. The molecule has 0 bridgehead atoms. The number of hydrogen-bond acceptors (Lipinski definition) is 2. The maximum Gasteiger partial charge on any atom is 0.313 e. The molecule has 0 saturated heterocycles. The van der Waals surface area contributed by atoms with Gasteiger partial charge in [-0.25, -0.2) is 0 Å². The second-order valence-electron chi connectivity index (χ2n) is 2.85. The third-order valence-corrected chi connectivity index (χ3v) is 1.93. The molecular weight excluding hydrogens is 152 g/mol. The molecular formula is C10H18O2. The summed E-state index contributed by atoms with van der Waals surface area (Å²) in [6, 6.07) is 0. The zero-order valence-electron chi connectivity index (χ0n) is 8.01. The summed E-state index contributed by atoms with van der Waals surface area (Å²) in [5, 5.41) is 0. The van der Waals surface area contributed by atoms with Gasteiger partial charge in [0.2, 0.25) is 0 Å². The first-order chi connectivity index (χ1) is 5.76. The lowest BCUT2D eigenvalue weighted by molar-refractivity contribution is -0.143. The number of unbranched alkanes of at least 4 members (excludes halogenated alkanes) is 1. The summed E-state index contributed by atoms with van der Waals surface area (Å²) in [4.78, 5) is 11.2. The van der Waals surface area contributed by atoms with E-state index in [9.17, 15) is 4.79 Å². The van der Waals surface area contributed by atoms with Crippen LogP contribution in [0.3, 0.4) is 0 Å². The summed E-state index contributed by atoms with van der Waals surface area (Å²) in [5.41, 5.74) is 0. The Bertz CT molecular complexity index is 141. The summed E-state index contributed by atoms with van der Waals surface area (Å²) < 4.78 is 4.72. The van der Waals surface area contributed by atoms with E-state index >= 15 is 0 Å². The van der Waals surface area contributed by atoms with Crippen LogP contribution < -0.4 is 0 Å². The second-order valence-corrected chi connectivity index (χ2v) is 2.85. The van der Waals surface area contributed by atoms with Gasteiger partial charge in [0.25, 0.3) is 0 Å². The molecule has 0 unspecified atom stereocenters. The van der Waals surface area contributed by atoms with Crippen molar-refractivity contribution in [3.8, 4) is 0 Å². The molecule has 2 nitrogen and oxygen atoms in total. The van der Waals surface area contributed by atoms with Gasteiger partial charge < -0.3 is 4.74 Å². The zero-order chi connectivity index (χ0) is 9.40. The van der Waals surface area contributed by atoms with Crippen molar-refractivity contribution in [2.75, 3.05) is 0 Å². The number of rotatable bonds is 6. The molecule has 0 fully saturated rings. The van der Waals surface area contributed by atoms with Crippen molar-refractivity contribution in [3.63, 3.8) is 0 Å². The largest absolute Gasteiger partial charge is 0.435 e. The van der Waals surface area contributed by atoms with Gasteiger partial charge in [0.1, 0.15) is 0 Å². The molecule has 0 aliphatic heterocycles. The highest BCUT2D eigenvalue weighted by Gasteiger charge is 2.15. The molecule has 0 spiro atoms. The Morgan fingerprint density at radius 3 is 2.67 bits per heavy atom. The van der Waals surface area contributed by atoms with Gasteiger partial charge in [0.05, 0.1) is 12.2 Å². The van der Waals surface area contributed by atoms with Crippen LogP contribution in [0.25, 0.3) is 0 Å². The van der Waals surface area contributed by atoms with Gasteiger partial charge in [-0.3, -0.25) is 4.79 Å². The summed E-state index contributed by atoms with van der Waals surface area (Å²) in [6.07, 6.45) is 5.20. The second kappa shape index (κ2) is 6.89. The fourth-order valence-electron chi connectivity index (χ4n) is 1.12. The fourth-order valence-corrected chi connectivity index (χ4v) is 1.12. The predicted octanol–water partition coefficient (Wildman–Crippen LogP) is 2.89. The van der Waals surface area contributed by atoms with Crippen LogP contribution in [-0.4, -0.2) is 5.97 Å². The monoisotopic (exact) mass is 170 g/mol. The van der Waals surface area contributed by atoms with Crippen molar-refractivity contribution in [2.24, 2.45) is 5.92 Å². The molecule has 70 valence electrons. The van der Waals surface area contributed by atoms with Crippen molar-refractivity contribution in [1.82, 2.24) is 0 Å². The Kier molecular flexibility index (Phi) is 6.44. The normalized spacial score (nSPS) is 12.2. The lowest BCUT2D eigenvalue weighted by Crippen LogP contribution is -2.14.